The van der Waals surface area contributed by atoms with Crippen molar-refractivity contribution >= 4 is 40.6 Å². The van der Waals surface area contributed by atoms with Crippen LogP contribution in [0, 0.1) is 0 Å². The van der Waals surface area contributed by atoms with Gasteiger partial charge < -0.3 is 20.3 Å². The van der Waals surface area contributed by atoms with Crippen molar-refractivity contribution in [3.63, 3.8) is 0 Å². The van der Waals surface area contributed by atoms with Gasteiger partial charge >= 0.3 is 0 Å². The third kappa shape index (κ3) is 4.98. The van der Waals surface area contributed by atoms with Crippen LogP contribution in [0.25, 0.3) is 5.65 Å². The predicted octanol–water partition coefficient (Wildman–Crippen LogP) is 4.14. The number of carbonyl (C=O) groups excluding carboxylic acids is 1. The summed E-state index contributed by atoms with van der Waals surface area (Å²) in [6.45, 7) is 5.32. The number of methoxy groups -OCH3 is 1. The molecule has 0 atom stereocenters. The maximum absolute atomic E-state index is 11.7. The monoisotopic (exact) mass is 487 g/mol. The zero-order chi connectivity index (χ0) is 24.4. The normalized spacial score (nSPS) is 13.3. The Labute approximate surface area is 207 Å². The van der Waals surface area contributed by atoms with Gasteiger partial charge in [-0.2, -0.15) is 5.10 Å². The largest absolute Gasteiger partial charge is 0.493 e. The van der Waals surface area contributed by atoms with E-state index in [1.165, 1.54) is 23.4 Å². The molecule has 0 fully saturated rings. The average molecular weight is 488 g/mol. The van der Waals surface area contributed by atoms with Crippen LogP contribution in [-0.2, 0) is 17.8 Å². The number of ether oxygens (including phenoxy) is 1. The van der Waals surface area contributed by atoms with Crippen molar-refractivity contribution in [2.24, 2.45) is 0 Å². The van der Waals surface area contributed by atoms with Crippen LogP contribution < -0.4 is 15.4 Å². The molecule has 1 aliphatic rings. The molecule has 35 heavy (non-hydrogen) atoms. The van der Waals surface area contributed by atoms with Crippen molar-refractivity contribution in [1.29, 1.82) is 0 Å². The quantitative estimate of drug-likeness (QED) is 0.297. The van der Waals surface area contributed by atoms with Gasteiger partial charge in [-0.1, -0.05) is 24.4 Å². The van der Waals surface area contributed by atoms with Gasteiger partial charge in [-0.25, -0.2) is 14.5 Å². The number of anilines is 3. The number of benzene rings is 1. The van der Waals surface area contributed by atoms with Gasteiger partial charge in [-0.15, -0.1) is 0 Å². The standard InChI is InChI=1S/C25H25N7O2S/c1-4-23(33)27-17-6-5-7-18(13-17)35-24-14-21(29-22-8-10-26-32(22)24)30-25-20(34-3)12-16-15-31(2)11-9-19(16)28-25/h4-8,10,12-14H,1,9,11,15H2,2-3H3,(H,27,33)(H,28,29,30). The minimum atomic E-state index is -0.254. The van der Waals surface area contributed by atoms with E-state index in [2.05, 4.69) is 40.3 Å². The fourth-order valence-electron chi connectivity index (χ4n) is 3.93. The summed E-state index contributed by atoms with van der Waals surface area (Å²) in [6.07, 6.45) is 3.85. The van der Waals surface area contributed by atoms with Gasteiger partial charge in [0.2, 0.25) is 5.91 Å². The van der Waals surface area contributed by atoms with E-state index in [1.807, 2.05) is 36.4 Å². The number of rotatable bonds is 7. The van der Waals surface area contributed by atoms with E-state index in [4.69, 9.17) is 14.7 Å². The van der Waals surface area contributed by atoms with Crippen molar-refractivity contribution in [3.8, 4) is 5.75 Å². The molecule has 1 aliphatic heterocycles. The summed E-state index contributed by atoms with van der Waals surface area (Å²) < 4.78 is 7.41. The molecule has 0 saturated heterocycles. The Morgan fingerprint density at radius 3 is 2.94 bits per heavy atom. The van der Waals surface area contributed by atoms with E-state index in [0.717, 1.165) is 35.1 Å². The molecule has 4 heterocycles. The lowest BCUT2D eigenvalue weighted by molar-refractivity contribution is -0.111. The Morgan fingerprint density at radius 1 is 1.23 bits per heavy atom. The molecule has 4 aromatic rings. The first-order chi connectivity index (χ1) is 17.0. The second kappa shape index (κ2) is 9.77. The Morgan fingerprint density at radius 2 is 2.11 bits per heavy atom. The first-order valence-electron chi connectivity index (χ1n) is 11.1. The van der Waals surface area contributed by atoms with Crippen LogP contribution in [0.3, 0.4) is 0 Å². The van der Waals surface area contributed by atoms with Crippen LogP contribution in [0.1, 0.15) is 11.3 Å². The minimum Gasteiger partial charge on any atom is -0.493 e. The van der Waals surface area contributed by atoms with Gasteiger partial charge in [0.25, 0.3) is 0 Å². The van der Waals surface area contributed by atoms with Crippen LogP contribution in [-0.4, -0.2) is 51.1 Å². The Balaban J connectivity index is 1.46. The average Bonchev–Trinajstić information content (AvgIpc) is 3.33. The lowest BCUT2D eigenvalue weighted by Crippen LogP contribution is -2.27. The Bertz CT molecular complexity index is 1420. The van der Waals surface area contributed by atoms with Gasteiger partial charge in [-0.05, 0) is 43.0 Å². The SMILES string of the molecule is C=CC(=O)Nc1cccc(Sc2cc(Nc3nc4c(cc3OC)CN(C)CC4)nc3ccnn23)c1. The van der Waals surface area contributed by atoms with Gasteiger partial charge in [0, 0.05) is 47.9 Å². The van der Waals surface area contributed by atoms with Crippen molar-refractivity contribution in [1.82, 2.24) is 24.5 Å². The van der Waals surface area contributed by atoms with Crippen LogP contribution in [0.15, 0.2) is 71.2 Å². The van der Waals surface area contributed by atoms with E-state index in [0.29, 0.717) is 28.7 Å². The lowest BCUT2D eigenvalue weighted by atomic mass is 10.1. The van der Waals surface area contributed by atoms with E-state index < -0.39 is 0 Å². The molecule has 0 unspecified atom stereocenters. The summed E-state index contributed by atoms with van der Waals surface area (Å²) in [5.41, 5.74) is 3.65. The number of likely N-dealkylation sites (N-methyl/N-ethyl adjacent to an activating group) is 1. The molecule has 9 nitrogen and oxygen atoms in total. The van der Waals surface area contributed by atoms with Crippen LogP contribution in [0.4, 0.5) is 17.3 Å². The van der Waals surface area contributed by atoms with Crippen molar-refractivity contribution in [2.45, 2.75) is 22.9 Å². The highest BCUT2D eigenvalue weighted by molar-refractivity contribution is 7.99. The molecule has 178 valence electrons. The first kappa shape index (κ1) is 22.9. The molecule has 0 radical (unpaired) electrons. The lowest BCUT2D eigenvalue weighted by Gasteiger charge is -2.25. The van der Waals surface area contributed by atoms with Crippen molar-refractivity contribution in [2.75, 3.05) is 31.3 Å². The predicted molar refractivity (Wildman–Crippen MR) is 136 cm³/mol. The third-order valence-corrected chi connectivity index (χ3v) is 6.62. The molecule has 0 saturated carbocycles. The molecule has 3 aromatic heterocycles. The highest BCUT2D eigenvalue weighted by Crippen LogP contribution is 2.34. The summed E-state index contributed by atoms with van der Waals surface area (Å²) in [4.78, 5) is 24.5. The number of hydrogen-bond donors (Lipinski definition) is 2. The van der Waals surface area contributed by atoms with Gasteiger partial charge in [0.05, 0.1) is 13.3 Å². The van der Waals surface area contributed by atoms with Crippen LogP contribution in [0.2, 0.25) is 0 Å². The highest BCUT2D eigenvalue weighted by Gasteiger charge is 2.19. The number of hydrogen-bond acceptors (Lipinski definition) is 8. The van der Waals surface area contributed by atoms with Gasteiger partial charge in [0.15, 0.2) is 17.2 Å². The molecule has 5 rings (SSSR count). The molecule has 0 spiro atoms. The topological polar surface area (TPSA) is 96.7 Å². The number of carbonyl (C=O) groups is 1. The Hall–Kier alpha value is -3.89. The second-order valence-corrected chi connectivity index (χ2v) is 9.26. The highest BCUT2D eigenvalue weighted by atomic mass is 32.2. The minimum absolute atomic E-state index is 0.254. The van der Waals surface area contributed by atoms with E-state index in [1.54, 1.807) is 17.8 Å². The summed E-state index contributed by atoms with van der Waals surface area (Å²) >= 11 is 1.51. The number of amides is 1. The van der Waals surface area contributed by atoms with Gasteiger partial charge in [0.1, 0.15) is 10.8 Å². The molecule has 0 bridgehead atoms. The molecule has 0 aliphatic carbocycles. The molecular formula is C25H25N7O2S. The van der Waals surface area contributed by atoms with Crippen LogP contribution >= 0.6 is 11.8 Å². The van der Waals surface area contributed by atoms with Gasteiger partial charge in [-0.3, -0.25) is 4.79 Å². The second-order valence-electron chi connectivity index (χ2n) is 8.16. The smallest absolute Gasteiger partial charge is 0.247 e. The van der Waals surface area contributed by atoms with Crippen LogP contribution in [0.5, 0.6) is 5.75 Å². The number of fused-ring (bicyclic) bond motifs is 2. The number of nitrogens with one attached hydrogen (secondary N) is 2. The zero-order valence-electron chi connectivity index (χ0n) is 19.5. The van der Waals surface area contributed by atoms with Crippen molar-refractivity contribution in [3.05, 3.63) is 72.6 Å². The summed E-state index contributed by atoms with van der Waals surface area (Å²) in [5, 5.41) is 11.4. The summed E-state index contributed by atoms with van der Waals surface area (Å²) in [5.74, 6) is 1.69. The Kier molecular flexibility index (Phi) is 6.39. The maximum atomic E-state index is 11.7. The molecule has 1 amide bonds. The molecule has 1 aromatic carbocycles. The number of nitrogens with zero attached hydrogens (tertiary/aromatic N) is 5. The molecule has 10 heteroatoms. The first-order valence-corrected chi connectivity index (χ1v) is 11.9. The number of aromatic nitrogens is 4. The van der Waals surface area contributed by atoms with E-state index >= 15 is 0 Å². The molecule has 2 N–H and O–H groups in total. The fourth-order valence-corrected chi connectivity index (χ4v) is 4.90. The maximum Gasteiger partial charge on any atom is 0.247 e. The van der Waals surface area contributed by atoms with E-state index in [-0.39, 0.29) is 5.91 Å². The fraction of sp³-hybridized carbons (Fsp3) is 0.200. The third-order valence-electron chi connectivity index (χ3n) is 5.63. The summed E-state index contributed by atoms with van der Waals surface area (Å²) in [6, 6.07) is 13.4. The van der Waals surface area contributed by atoms with Crippen molar-refractivity contribution < 1.29 is 9.53 Å². The summed E-state index contributed by atoms with van der Waals surface area (Å²) in [7, 11) is 3.75. The molecular weight excluding hydrogens is 462 g/mol. The zero-order valence-corrected chi connectivity index (χ0v) is 20.3. The van der Waals surface area contributed by atoms with E-state index in [9.17, 15) is 4.79 Å². The number of pyridine rings is 1.